The molecule has 1 aliphatic carbocycles. The normalized spacial score (nSPS) is 36.8. The minimum atomic E-state index is 0.785. The van der Waals surface area contributed by atoms with E-state index in [0.717, 1.165) is 24.5 Å². The molecule has 12 heavy (non-hydrogen) atoms. The van der Waals surface area contributed by atoms with Gasteiger partial charge in [0.05, 0.1) is 6.61 Å². The number of nitrogens with one attached hydrogen (secondary N) is 1. The predicted octanol–water partition coefficient (Wildman–Crippen LogP) is 1.41. The van der Waals surface area contributed by atoms with Crippen LogP contribution in [-0.2, 0) is 4.74 Å². The summed E-state index contributed by atoms with van der Waals surface area (Å²) in [6.07, 6.45) is 5.78. The molecule has 0 bridgehead atoms. The van der Waals surface area contributed by atoms with E-state index in [-0.39, 0.29) is 0 Å². The monoisotopic (exact) mass is 169 g/mol. The highest BCUT2D eigenvalue weighted by Gasteiger charge is 2.37. The first-order valence-electron chi connectivity index (χ1n) is 5.14. The smallest absolute Gasteiger partial charge is 0.0517 e. The molecule has 0 amide bonds. The van der Waals surface area contributed by atoms with Gasteiger partial charge in [-0.1, -0.05) is 12.8 Å². The SMILES string of the molecule is COCC1CNC1C1CCCC1. The molecule has 70 valence electrons. The lowest BCUT2D eigenvalue weighted by Crippen LogP contribution is -2.57. The van der Waals surface area contributed by atoms with Gasteiger partial charge in [0.25, 0.3) is 0 Å². The van der Waals surface area contributed by atoms with Crippen molar-refractivity contribution in [2.75, 3.05) is 20.3 Å². The Hall–Kier alpha value is -0.0800. The zero-order valence-electron chi connectivity index (χ0n) is 7.88. The van der Waals surface area contributed by atoms with Crippen LogP contribution in [0.3, 0.4) is 0 Å². The molecule has 2 rings (SSSR count). The number of ether oxygens (including phenoxy) is 1. The number of hydrogen-bond donors (Lipinski definition) is 1. The van der Waals surface area contributed by atoms with Gasteiger partial charge in [-0.15, -0.1) is 0 Å². The molecule has 0 aromatic carbocycles. The highest BCUT2D eigenvalue weighted by molar-refractivity contribution is 4.94. The Bertz CT molecular complexity index is 143. The lowest BCUT2D eigenvalue weighted by molar-refractivity contribution is 0.0636. The maximum absolute atomic E-state index is 5.20. The third kappa shape index (κ3) is 1.50. The summed E-state index contributed by atoms with van der Waals surface area (Å²) < 4.78 is 5.20. The van der Waals surface area contributed by atoms with E-state index >= 15 is 0 Å². The van der Waals surface area contributed by atoms with Crippen molar-refractivity contribution < 1.29 is 4.74 Å². The average molecular weight is 169 g/mol. The fourth-order valence-electron chi connectivity index (χ4n) is 2.67. The van der Waals surface area contributed by atoms with Crippen LogP contribution < -0.4 is 5.32 Å². The molecule has 2 atom stereocenters. The Morgan fingerprint density at radius 2 is 2.08 bits per heavy atom. The van der Waals surface area contributed by atoms with Crippen LogP contribution in [0.2, 0.25) is 0 Å². The van der Waals surface area contributed by atoms with Gasteiger partial charge in [0.1, 0.15) is 0 Å². The molecule has 1 aliphatic heterocycles. The van der Waals surface area contributed by atoms with Crippen molar-refractivity contribution >= 4 is 0 Å². The Kier molecular flexibility index (Phi) is 2.66. The summed E-state index contributed by atoms with van der Waals surface area (Å²) >= 11 is 0. The highest BCUT2D eigenvalue weighted by Crippen LogP contribution is 2.33. The topological polar surface area (TPSA) is 21.3 Å². The third-order valence-corrected chi connectivity index (χ3v) is 3.41. The van der Waals surface area contributed by atoms with Gasteiger partial charge in [-0.25, -0.2) is 0 Å². The van der Waals surface area contributed by atoms with Crippen LogP contribution in [0.1, 0.15) is 25.7 Å². The van der Waals surface area contributed by atoms with Crippen molar-refractivity contribution in [1.82, 2.24) is 5.32 Å². The minimum absolute atomic E-state index is 0.785. The van der Waals surface area contributed by atoms with Crippen molar-refractivity contribution in [3.05, 3.63) is 0 Å². The maximum Gasteiger partial charge on any atom is 0.0517 e. The number of methoxy groups -OCH3 is 1. The molecule has 1 heterocycles. The van der Waals surface area contributed by atoms with Crippen LogP contribution in [0.25, 0.3) is 0 Å². The van der Waals surface area contributed by atoms with E-state index in [2.05, 4.69) is 5.32 Å². The van der Waals surface area contributed by atoms with E-state index in [0.29, 0.717) is 0 Å². The zero-order valence-corrected chi connectivity index (χ0v) is 7.88. The van der Waals surface area contributed by atoms with Gasteiger partial charge >= 0.3 is 0 Å². The van der Waals surface area contributed by atoms with Gasteiger partial charge in [-0.3, -0.25) is 0 Å². The molecule has 1 saturated carbocycles. The van der Waals surface area contributed by atoms with Crippen LogP contribution in [-0.4, -0.2) is 26.3 Å². The Balaban J connectivity index is 1.79. The highest BCUT2D eigenvalue weighted by atomic mass is 16.5. The third-order valence-electron chi connectivity index (χ3n) is 3.41. The van der Waals surface area contributed by atoms with Gasteiger partial charge < -0.3 is 10.1 Å². The summed E-state index contributed by atoms with van der Waals surface area (Å²) in [5.74, 6) is 1.76. The Morgan fingerprint density at radius 3 is 2.58 bits per heavy atom. The average Bonchev–Trinajstić information content (AvgIpc) is 2.51. The lowest BCUT2D eigenvalue weighted by Gasteiger charge is -2.41. The van der Waals surface area contributed by atoms with Crippen LogP contribution in [0, 0.1) is 11.8 Å². The summed E-state index contributed by atoms with van der Waals surface area (Å²) in [5.41, 5.74) is 0. The Labute approximate surface area is 74.7 Å². The minimum Gasteiger partial charge on any atom is -0.384 e. The maximum atomic E-state index is 5.20. The summed E-state index contributed by atoms with van der Waals surface area (Å²) in [6.45, 7) is 2.13. The van der Waals surface area contributed by atoms with Crippen molar-refractivity contribution in [2.45, 2.75) is 31.7 Å². The molecule has 0 radical (unpaired) electrons. The second kappa shape index (κ2) is 3.75. The molecule has 2 fully saturated rings. The van der Waals surface area contributed by atoms with Gasteiger partial charge in [0.2, 0.25) is 0 Å². The molecule has 0 aromatic rings. The fourth-order valence-corrected chi connectivity index (χ4v) is 2.67. The van der Waals surface area contributed by atoms with Crippen LogP contribution in [0.4, 0.5) is 0 Å². The quantitative estimate of drug-likeness (QED) is 0.689. The fraction of sp³-hybridized carbons (Fsp3) is 1.00. The van der Waals surface area contributed by atoms with Crippen molar-refractivity contribution in [2.24, 2.45) is 11.8 Å². The first-order chi connectivity index (χ1) is 5.92. The van der Waals surface area contributed by atoms with Crippen LogP contribution in [0.15, 0.2) is 0 Å². The van der Waals surface area contributed by atoms with Crippen molar-refractivity contribution in [3.8, 4) is 0 Å². The van der Waals surface area contributed by atoms with E-state index in [9.17, 15) is 0 Å². The van der Waals surface area contributed by atoms with E-state index in [1.807, 2.05) is 7.11 Å². The van der Waals surface area contributed by atoms with Crippen LogP contribution >= 0.6 is 0 Å². The Morgan fingerprint density at radius 1 is 1.33 bits per heavy atom. The number of rotatable bonds is 3. The molecule has 0 aromatic heterocycles. The second-order valence-electron chi connectivity index (χ2n) is 4.19. The molecular weight excluding hydrogens is 150 g/mol. The lowest BCUT2D eigenvalue weighted by atomic mass is 9.81. The second-order valence-corrected chi connectivity index (χ2v) is 4.19. The van der Waals surface area contributed by atoms with Gasteiger partial charge in [-0.05, 0) is 18.8 Å². The molecule has 2 nitrogen and oxygen atoms in total. The molecule has 1 N–H and O–H groups in total. The summed E-state index contributed by atoms with van der Waals surface area (Å²) in [4.78, 5) is 0. The summed E-state index contributed by atoms with van der Waals surface area (Å²) in [6, 6.07) is 0.785. The molecule has 2 unspecified atom stereocenters. The van der Waals surface area contributed by atoms with E-state index < -0.39 is 0 Å². The van der Waals surface area contributed by atoms with Crippen molar-refractivity contribution in [1.29, 1.82) is 0 Å². The standard InChI is InChI=1S/C10H19NO/c1-12-7-9-6-11-10(9)8-4-2-3-5-8/h8-11H,2-7H2,1H3. The van der Waals surface area contributed by atoms with E-state index in [1.54, 1.807) is 0 Å². The summed E-state index contributed by atoms with van der Waals surface area (Å²) in [7, 11) is 1.81. The predicted molar refractivity (Wildman–Crippen MR) is 49.1 cm³/mol. The first kappa shape index (κ1) is 8.52. The number of hydrogen-bond acceptors (Lipinski definition) is 2. The molecule has 2 aliphatic rings. The van der Waals surface area contributed by atoms with E-state index in [4.69, 9.17) is 4.74 Å². The summed E-state index contributed by atoms with van der Waals surface area (Å²) in [5, 5.41) is 3.54. The van der Waals surface area contributed by atoms with Gasteiger partial charge in [0, 0.05) is 25.6 Å². The van der Waals surface area contributed by atoms with Crippen molar-refractivity contribution in [3.63, 3.8) is 0 Å². The largest absolute Gasteiger partial charge is 0.384 e. The van der Waals surface area contributed by atoms with E-state index in [1.165, 1.54) is 32.2 Å². The molecule has 1 saturated heterocycles. The molecular formula is C10H19NO. The first-order valence-corrected chi connectivity index (χ1v) is 5.14. The molecule has 0 spiro atoms. The molecule has 2 heteroatoms. The van der Waals surface area contributed by atoms with Gasteiger partial charge in [0.15, 0.2) is 0 Å². The van der Waals surface area contributed by atoms with Gasteiger partial charge in [-0.2, -0.15) is 0 Å². The zero-order chi connectivity index (χ0) is 8.39. The van der Waals surface area contributed by atoms with Crippen LogP contribution in [0.5, 0.6) is 0 Å².